The van der Waals surface area contributed by atoms with Crippen LogP contribution in [0.5, 0.6) is 0 Å². The third-order valence-electron chi connectivity index (χ3n) is 6.07. The Hall–Kier alpha value is -0.940. The van der Waals surface area contributed by atoms with Crippen LogP contribution in [0, 0.1) is 0 Å². The van der Waals surface area contributed by atoms with Crippen molar-refractivity contribution in [1.82, 2.24) is 15.0 Å². The fourth-order valence-electron chi connectivity index (χ4n) is 4.30. The van der Waals surface area contributed by atoms with Crippen molar-refractivity contribution in [2.45, 2.75) is 128 Å². The number of aromatic nitrogens is 3. The molecule has 1 fully saturated rings. The molecule has 0 unspecified atom stereocenters. The number of hydrogen-bond donors (Lipinski definition) is 1. The van der Waals surface area contributed by atoms with E-state index < -0.39 is 6.10 Å². The SMILES string of the molecule is CCCCCCCCCCCCCC[C@@H]1OC[C@H](n2nncc2CCC)[C@@H]1O. The third kappa shape index (κ3) is 7.82. The lowest BCUT2D eigenvalue weighted by Crippen LogP contribution is -2.30. The Morgan fingerprint density at radius 3 is 2.14 bits per heavy atom. The minimum absolute atomic E-state index is 0.0493. The lowest BCUT2D eigenvalue weighted by molar-refractivity contribution is 0.0317. The summed E-state index contributed by atoms with van der Waals surface area (Å²) in [5, 5.41) is 18.9. The number of rotatable bonds is 16. The number of ether oxygens (including phenoxy) is 1. The molecule has 1 aliphatic rings. The molecule has 28 heavy (non-hydrogen) atoms. The van der Waals surface area contributed by atoms with Gasteiger partial charge in [0.25, 0.3) is 0 Å². The predicted octanol–water partition coefficient (Wildman–Crippen LogP) is 5.62. The first-order valence-corrected chi connectivity index (χ1v) is 12.0. The van der Waals surface area contributed by atoms with Crippen LogP contribution in [-0.2, 0) is 11.2 Å². The highest BCUT2D eigenvalue weighted by Gasteiger charge is 2.37. The lowest BCUT2D eigenvalue weighted by Gasteiger charge is -2.18. The van der Waals surface area contributed by atoms with Gasteiger partial charge < -0.3 is 9.84 Å². The van der Waals surface area contributed by atoms with Gasteiger partial charge in [-0.3, -0.25) is 0 Å². The van der Waals surface area contributed by atoms with Crippen LogP contribution in [0.25, 0.3) is 0 Å². The fraction of sp³-hybridized carbons (Fsp3) is 0.913. The zero-order valence-electron chi connectivity index (χ0n) is 18.3. The van der Waals surface area contributed by atoms with E-state index in [9.17, 15) is 5.11 Å². The summed E-state index contributed by atoms with van der Waals surface area (Å²) >= 11 is 0. The molecule has 0 amide bonds. The molecular formula is C23H43N3O2. The minimum atomic E-state index is -0.468. The van der Waals surface area contributed by atoms with Crippen LogP contribution in [0.1, 0.15) is 115 Å². The average Bonchev–Trinajstić information content (AvgIpc) is 3.29. The molecule has 0 radical (unpaired) electrons. The Morgan fingerprint density at radius 2 is 1.54 bits per heavy atom. The molecule has 2 heterocycles. The van der Waals surface area contributed by atoms with Crippen LogP contribution < -0.4 is 0 Å². The lowest BCUT2D eigenvalue weighted by atomic mass is 10.0. The zero-order valence-corrected chi connectivity index (χ0v) is 18.3. The van der Waals surface area contributed by atoms with E-state index in [0.29, 0.717) is 6.61 Å². The van der Waals surface area contributed by atoms with E-state index in [0.717, 1.165) is 31.4 Å². The van der Waals surface area contributed by atoms with Gasteiger partial charge in [-0.25, -0.2) is 4.68 Å². The topological polar surface area (TPSA) is 60.2 Å². The van der Waals surface area contributed by atoms with E-state index in [1.165, 1.54) is 70.6 Å². The van der Waals surface area contributed by atoms with E-state index in [4.69, 9.17) is 4.74 Å². The molecule has 1 N–H and O–H groups in total. The van der Waals surface area contributed by atoms with Gasteiger partial charge in [0.15, 0.2) is 0 Å². The highest BCUT2D eigenvalue weighted by Crippen LogP contribution is 2.29. The van der Waals surface area contributed by atoms with Gasteiger partial charge in [-0.15, -0.1) is 5.10 Å². The van der Waals surface area contributed by atoms with Crippen molar-refractivity contribution in [3.05, 3.63) is 11.9 Å². The molecule has 0 saturated carbocycles. The quantitative estimate of drug-likeness (QED) is 0.370. The molecule has 0 aromatic carbocycles. The Balaban J connectivity index is 1.50. The first kappa shape index (κ1) is 23.3. The van der Waals surface area contributed by atoms with E-state index in [2.05, 4.69) is 24.2 Å². The zero-order chi connectivity index (χ0) is 20.0. The van der Waals surface area contributed by atoms with Gasteiger partial charge in [-0.2, -0.15) is 0 Å². The van der Waals surface area contributed by atoms with Gasteiger partial charge in [0.1, 0.15) is 12.1 Å². The van der Waals surface area contributed by atoms with Gasteiger partial charge in [-0.1, -0.05) is 103 Å². The first-order valence-electron chi connectivity index (χ1n) is 12.0. The number of nitrogens with zero attached hydrogens (tertiary/aromatic N) is 3. The Bertz CT molecular complexity index is 506. The maximum Gasteiger partial charge on any atom is 0.106 e. The highest BCUT2D eigenvalue weighted by atomic mass is 16.5. The number of unbranched alkanes of at least 4 members (excludes halogenated alkanes) is 11. The second kappa shape index (κ2) is 14.1. The molecule has 1 aromatic heterocycles. The number of aryl methyl sites for hydroxylation is 1. The summed E-state index contributed by atoms with van der Waals surface area (Å²) in [6, 6.07) is -0.0774. The molecule has 1 aromatic rings. The van der Waals surface area contributed by atoms with Crippen molar-refractivity contribution in [3.8, 4) is 0 Å². The maximum atomic E-state index is 10.7. The standard InChI is InChI=1S/C23H43N3O2/c1-3-5-6-7-8-9-10-11-12-13-14-15-17-22-23(27)21(19-28-22)26-20(16-4-2)18-24-25-26/h18,21-23,27H,3-17,19H2,1-2H3/t21-,22-,23-/m0/s1. The Morgan fingerprint density at radius 1 is 0.929 bits per heavy atom. The maximum absolute atomic E-state index is 10.7. The normalized spacial score (nSPS) is 22.2. The molecule has 162 valence electrons. The molecule has 1 saturated heterocycles. The molecule has 5 nitrogen and oxygen atoms in total. The summed E-state index contributed by atoms with van der Waals surface area (Å²) in [6.07, 6.45) is 20.5. The van der Waals surface area contributed by atoms with Crippen LogP contribution in [0.15, 0.2) is 6.20 Å². The number of aliphatic hydroxyl groups excluding tert-OH is 1. The highest BCUT2D eigenvalue weighted by molar-refractivity contribution is 4.99. The first-order chi connectivity index (χ1) is 13.8. The molecule has 5 heteroatoms. The van der Waals surface area contributed by atoms with Crippen molar-refractivity contribution in [3.63, 3.8) is 0 Å². The second-order valence-electron chi connectivity index (χ2n) is 8.53. The van der Waals surface area contributed by atoms with E-state index in [-0.39, 0.29) is 12.1 Å². The molecule has 3 atom stereocenters. The molecule has 2 rings (SSSR count). The van der Waals surface area contributed by atoms with Crippen LogP contribution >= 0.6 is 0 Å². The van der Waals surface area contributed by atoms with Crippen molar-refractivity contribution in [2.75, 3.05) is 6.61 Å². The van der Waals surface area contributed by atoms with E-state index in [1.807, 2.05) is 10.9 Å². The van der Waals surface area contributed by atoms with Crippen molar-refractivity contribution < 1.29 is 9.84 Å². The summed E-state index contributed by atoms with van der Waals surface area (Å²) in [4.78, 5) is 0. The molecule has 0 aliphatic carbocycles. The largest absolute Gasteiger partial charge is 0.388 e. The second-order valence-corrected chi connectivity index (χ2v) is 8.53. The smallest absolute Gasteiger partial charge is 0.106 e. The molecule has 0 bridgehead atoms. The van der Waals surface area contributed by atoms with Gasteiger partial charge >= 0.3 is 0 Å². The Labute approximate surface area is 172 Å². The number of hydrogen-bond acceptors (Lipinski definition) is 4. The van der Waals surface area contributed by atoms with Crippen molar-refractivity contribution in [1.29, 1.82) is 0 Å². The minimum Gasteiger partial charge on any atom is -0.388 e. The summed E-state index contributed by atoms with van der Waals surface area (Å²) in [6.45, 7) is 4.97. The van der Waals surface area contributed by atoms with Gasteiger partial charge in [0.05, 0.1) is 24.6 Å². The average molecular weight is 394 g/mol. The van der Waals surface area contributed by atoms with Gasteiger partial charge in [-0.05, 0) is 12.8 Å². The fourth-order valence-corrected chi connectivity index (χ4v) is 4.30. The van der Waals surface area contributed by atoms with Crippen molar-refractivity contribution in [2.24, 2.45) is 0 Å². The van der Waals surface area contributed by atoms with Gasteiger partial charge in [0.2, 0.25) is 0 Å². The van der Waals surface area contributed by atoms with Crippen LogP contribution in [-0.4, -0.2) is 38.9 Å². The molecule has 1 aliphatic heterocycles. The van der Waals surface area contributed by atoms with Crippen LogP contribution in [0.2, 0.25) is 0 Å². The number of aliphatic hydroxyl groups is 1. The summed E-state index contributed by atoms with van der Waals surface area (Å²) in [5.41, 5.74) is 1.10. The van der Waals surface area contributed by atoms with Gasteiger partial charge in [0, 0.05) is 0 Å². The van der Waals surface area contributed by atoms with Crippen molar-refractivity contribution >= 4 is 0 Å². The molecule has 0 spiro atoms. The Kier molecular flexibility index (Phi) is 11.8. The summed E-state index contributed by atoms with van der Waals surface area (Å²) in [7, 11) is 0. The molecular weight excluding hydrogens is 350 g/mol. The van der Waals surface area contributed by atoms with Crippen LogP contribution in [0.4, 0.5) is 0 Å². The summed E-state index contributed by atoms with van der Waals surface area (Å²) < 4.78 is 7.78. The third-order valence-corrected chi connectivity index (χ3v) is 6.07. The predicted molar refractivity (Wildman–Crippen MR) is 114 cm³/mol. The van der Waals surface area contributed by atoms with E-state index >= 15 is 0 Å². The van der Waals surface area contributed by atoms with E-state index in [1.54, 1.807) is 0 Å². The van der Waals surface area contributed by atoms with Crippen LogP contribution in [0.3, 0.4) is 0 Å². The summed E-state index contributed by atoms with van der Waals surface area (Å²) in [5.74, 6) is 0. The monoisotopic (exact) mass is 393 g/mol.